The minimum absolute atomic E-state index is 0.323. The van der Waals surface area contributed by atoms with E-state index in [9.17, 15) is 0 Å². The Morgan fingerprint density at radius 3 is 2.55 bits per heavy atom. The predicted molar refractivity (Wildman–Crippen MR) is 90.3 cm³/mol. The average molecular weight is 324 g/mol. The van der Waals surface area contributed by atoms with Crippen molar-refractivity contribution >= 4 is 40.6 Å². The molecule has 0 atom stereocenters. The Balaban J connectivity index is 2.44. The second-order valence-corrected chi connectivity index (χ2v) is 6.11. The quantitative estimate of drug-likeness (QED) is 0.628. The second kappa shape index (κ2) is 6.97. The summed E-state index contributed by atoms with van der Waals surface area (Å²) in [5.41, 5.74) is 6.60. The zero-order valence-corrected chi connectivity index (χ0v) is 13.3. The SMILES string of the molecule is CCSc1cccc(Oc2ccccc2Cl)c1C(N)=S. The van der Waals surface area contributed by atoms with Crippen LogP contribution in [0.5, 0.6) is 11.5 Å². The molecule has 20 heavy (non-hydrogen) atoms. The molecule has 0 aliphatic rings. The smallest absolute Gasteiger partial charge is 0.146 e. The molecule has 5 heteroatoms. The summed E-state index contributed by atoms with van der Waals surface area (Å²) in [6, 6.07) is 13.1. The van der Waals surface area contributed by atoms with E-state index in [1.54, 1.807) is 17.8 Å². The molecule has 0 unspecified atom stereocenters. The van der Waals surface area contributed by atoms with Gasteiger partial charge in [-0.25, -0.2) is 0 Å². The first-order valence-electron chi connectivity index (χ1n) is 6.11. The van der Waals surface area contributed by atoms with Crippen LogP contribution < -0.4 is 10.5 Å². The lowest BCUT2D eigenvalue weighted by molar-refractivity contribution is 0.480. The van der Waals surface area contributed by atoms with Gasteiger partial charge in [0.2, 0.25) is 0 Å². The fourth-order valence-corrected chi connectivity index (χ4v) is 3.05. The molecule has 2 rings (SSSR count). The third-order valence-electron chi connectivity index (χ3n) is 2.59. The standard InChI is InChI=1S/C15H14ClNOS2/c1-2-20-13-9-5-8-12(14(13)15(17)19)18-11-7-4-3-6-10(11)16/h3-9H,2H2,1H3,(H2,17,19). The first kappa shape index (κ1) is 15.2. The molecule has 0 spiro atoms. The largest absolute Gasteiger partial charge is 0.455 e. The zero-order chi connectivity index (χ0) is 14.5. The molecule has 2 aromatic rings. The summed E-state index contributed by atoms with van der Waals surface area (Å²) < 4.78 is 5.88. The highest BCUT2D eigenvalue weighted by molar-refractivity contribution is 7.99. The predicted octanol–water partition coefficient (Wildman–Crippen LogP) is 4.88. The highest BCUT2D eigenvalue weighted by Crippen LogP contribution is 2.35. The van der Waals surface area contributed by atoms with Gasteiger partial charge < -0.3 is 10.5 Å². The molecule has 2 N–H and O–H groups in total. The first-order chi connectivity index (χ1) is 9.63. The van der Waals surface area contributed by atoms with Crippen LogP contribution in [-0.4, -0.2) is 10.7 Å². The van der Waals surface area contributed by atoms with E-state index in [1.807, 2.05) is 36.4 Å². The van der Waals surface area contributed by atoms with Gasteiger partial charge in [-0.15, -0.1) is 11.8 Å². The van der Waals surface area contributed by atoms with Crippen LogP contribution in [-0.2, 0) is 0 Å². The van der Waals surface area contributed by atoms with Crippen LogP contribution in [0, 0.1) is 0 Å². The summed E-state index contributed by atoms with van der Waals surface area (Å²) in [5.74, 6) is 2.15. The van der Waals surface area contributed by atoms with E-state index in [1.165, 1.54) is 0 Å². The van der Waals surface area contributed by atoms with Crippen LogP contribution in [0.2, 0.25) is 5.02 Å². The molecule has 2 aromatic carbocycles. The molecule has 0 aliphatic carbocycles. The summed E-state index contributed by atoms with van der Waals surface area (Å²) in [5, 5.41) is 0.551. The van der Waals surface area contributed by atoms with E-state index in [0.717, 1.165) is 16.2 Å². The summed E-state index contributed by atoms with van der Waals surface area (Å²) in [6.07, 6.45) is 0. The van der Waals surface area contributed by atoms with E-state index < -0.39 is 0 Å². The van der Waals surface area contributed by atoms with E-state index in [0.29, 0.717) is 21.5 Å². The maximum atomic E-state index is 6.11. The number of ether oxygens (including phenoxy) is 1. The number of hydrogen-bond acceptors (Lipinski definition) is 3. The van der Waals surface area contributed by atoms with Gasteiger partial charge in [-0.3, -0.25) is 0 Å². The number of thiocarbonyl (C=S) groups is 1. The minimum atomic E-state index is 0.323. The van der Waals surface area contributed by atoms with Crippen LogP contribution in [0.25, 0.3) is 0 Å². The molecule has 104 valence electrons. The maximum absolute atomic E-state index is 6.11. The van der Waals surface area contributed by atoms with Gasteiger partial charge in [0.25, 0.3) is 0 Å². The number of nitrogens with two attached hydrogens (primary N) is 1. The van der Waals surface area contributed by atoms with Gasteiger partial charge in [0.1, 0.15) is 16.5 Å². The van der Waals surface area contributed by atoms with Crippen molar-refractivity contribution in [3.63, 3.8) is 0 Å². The van der Waals surface area contributed by atoms with Gasteiger partial charge >= 0.3 is 0 Å². The van der Waals surface area contributed by atoms with Crippen LogP contribution in [0.3, 0.4) is 0 Å². The van der Waals surface area contributed by atoms with Crippen molar-refractivity contribution in [3.8, 4) is 11.5 Å². The van der Waals surface area contributed by atoms with Gasteiger partial charge in [0.05, 0.1) is 10.6 Å². The summed E-state index contributed by atoms with van der Waals surface area (Å²) in [7, 11) is 0. The Kier molecular flexibility index (Phi) is 5.29. The molecule has 0 fully saturated rings. The van der Waals surface area contributed by atoms with Gasteiger partial charge in [0, 0.05) is 4.90 Å². The number of halogens is 1. The molecule has 0 amide bonds. The average Bonchev–Trinajstić information content (AvgIpc) is 2.41. The molecule has 0 saturated carbocycles. The van der Waals surface area contributed by atoms with Crippen molar-refractivity contribution in [1.29, 1.82) is 0 Å². The summed E-state index contributed by atoms with van der Waals surface area (Å²) in [4.78, 5) is 1.34. The molecular formula is C15H14ClNOS2. The lowest BCUT2D eigenvalue weighted by Gasteiger charge is -2.14. The van der Waals surface area contributed by atoms with Gasteiger partial charge in [0.15, 0.2) is 0 Å². The Hall–Kier alpha value is -1.23. The van der Waals surface area contributed by atoms with E-state index >= 15 is 0 Å². The third kappa shape index (κ3) is 3.45. The monoisotopic (exact) mass is 323 g/mol. The van der Waals surface area contributed by atoms with E-state index in [-0.39, 0.29) is 0 Å². The van der Waals surface area contributed by atoms with E-state index in [4.69, 9.17) is 34.3 Å². The Morgan fingerprint density at radius 2 is 1.90 bits per heavy atom. The number of rotatable bonds is 5. The van der Waals surface area contributed by atoms with Gasteiger partial charge in [-0.05, 0) is 30.0 Å². The molecule has 0 heterocycles. The number of para-hydroxylation sites is 1. The number of benzene rings is 2. The topological polar surface area (TPSA) is 35.2 Å². The van der Waals surface area contributed by atoms with Crippen molar-refractivity contribution in [2.24, 2.45) is 5.73 Å². The summed E-state index contributed by atoms with van der Waals surface area (Å²) in [6.45, 7) is 2.08. The Morgan fingerprint density at radius 1 is 1.20 bits per heavy atom. The van der Waals surface area contributed by atoms with E-state index in [2.05, 4.69) is 6.92 Å². The highest BCUT2D eigenvalue weighted by atomic mass is 35.5. The highest BCUT2D eigenvalue weighted by Gasteiger charge is 2.14. The van der Waals surface area contributed by atoms with Crippen molar-refractivity contribution in [1.82, 2.24) is 0 Å². The Labute approximate surface area is 133 Å². The van der Waals surface area contributed by atoms with Crippen LogP contribution in [0.4, 0.5) is 0 Å². The van der Waals surface area contributed by atoms with Crippen molar-refractivity contribution in [3.05, 3.63) is 53.1 Å². The van der Waals surface area contributed by atoms with Crippen molar-refractivity contribution < 1.29 is 4.74 Å². The molecule has 0 radical (unpaired) electrons. The molecule has 0 bridgehead atoms. The van der Waals surface area contributed by atoms with Gasteiger partial charge in [-0.1, -0.05) is 48.9 Å². The molecule has 0 saturated heterocycles. The lowest BCUT2D eigenvalue weighted by Crippen LogP contribution is -2.12. The fraction of sp³-hybridized carbons (Fsp3) is 0.133. The number of hydrogen-bond donors (Lipinski definition) is 1. The summed E-state index contributed by atoms with van der Waals surface area (Å²) >= 11 is 12.9. The van der Waals surface area contributed by atoms with Gasteiger partial charge in [-0.2, -0.15) is 0 Å². The van der Waals surface area contributed by atoms with Crippen LogP contribution >= 0.6 is 35.6 Å². The molecule has 0 aromatic heterocycles. The second-order valence-electron chi connectivity index (χ2n) is 3.96. The van der Waals surface area contributed by atoms with Crippen molar-refractivity contribution in [2.45, 2.75) is 11.8 Å². The molecule has 0 aliphatic heterocycles. The zero-order valence-electron chi connectivity index (χ0n) is 10.9. The van der Waals surface area contributed by atoms with Crippen LogP contribution in [0.1, 0.15) is 12.5 Å². The normalized spacial score (nSPS) is 10.3. The third-order valence-corrected chi connectivity index (χ3v) is 4.05. The Bertz CT molecular complexity index is 631. The fourth-order valence-electron chi connectivity index (χ4n) is 1.76. The van der Waals surface area contributed by atoms with Crippen molar-refractivity contribution in [2.75, 3.05) is 5.75 Å². The van der Waals surface area contributed by atoms with Crippen LogP contribution in [0.15, 0.2) is 47.4 Å². The molecular weight excluding hydrogens is 310 g/mol. The minimum Gasteiger partial charge on any atom is -0.455 e. The lowest BCUT2D eigenvalue weighted by atomic mass is 10.2. The molecule has 2 nitrogen and oxygen atoms in total. The maximum Gasteiger partial charge on any atom is 0.146 e. The first-order valence-corrected chi connectivity index (χ1v) is 7.88. The number of thioether (sulfide) groups is 1.